The van der Waals surface area contributed by atoms with Crippen LogP contribution < -0.4 is 10.1 Å². The van der Waals surface area contributed by atoms with Gasteiger partial charge in [0.2, 0.25) is 0 Å². The molecule has 1 aromatic heterocycles. The van der Waals surface area contributed by atoms with E-state index in [2.05, 4.69) is 24.0 Å². The minimum Gasteiger partial charge on any atom is -0.310 e. The van der Waals surface area contributed by atoms with Crippen LogP contribution in [0.5, 0.6) is 0 Å². The van der Waals surface area contributed by atoms with Crippen molar-refractivity contribution in [3.63, 3.8) is 0 Å². The number of piperidine rings is 1. The maximum Gasteiger partial charge on any atom is 0.262 e. The number of hydrogen-bond donors (Lipinski definition) is 2. The lowest BCUT2D eigenvalue weighted by Gasteiger charge is -2.26. The molecular formula is C13H23N3O2S2. The number of nitrogens with one attached hydrogen (secondary N) is 2. The SMILES string of the molecule is CC(C)NCc1csc(S(=O)(=O)NN2CCCCC2)c1. The van der Waals surface area contributed by atoms with Crippen LogP contribution >= 0.6 is 11.3 Å². The molecule has 2 heterocycles. The number of rotatable bonds is 6. The van der Waals surface area contributed by atoms with Crippen molar-refractivity contribution in [2.45, 2.75) is 49.9 Å². The van der Waals surface area contributed by atoms with Gasteiger partial charge in [-0.2, -0.15) is 0 Å². The van der Waals surface area contributed by atoms with Crippen molar-refractivity contribution in [1.29, 1.82) is 0 Å². The van der Waals surface area contributed by atoms with E-state index in [1.54, 1.807) is 6.07 Å². The lowest BCUT2D eigenvalue weighted by Crippen LogP contribution is -2.44. The number of hydrazine groups is 1. The number of nitrogens with zero attached hydrogens (tertiary/aromatic N) is 1. The second-order valence-electron chi connectivity index (χ2n) is 5.45. The van der Waals surface area contributed by atoms with E-state index in [0.717, 1.165) is 31.5 Å². The summed E-state index contributed by atoms with van der Waals surface area (Å²) in [7, 11) is -3.41. The minimum absolute atomic E-state index is 0.390. The van der Waals surface area contributed by atoms with Crippen molar-refractivity contribution < 1.29 is 8.42 Å². The molecule has 0 radical (unpaired) electrons. The topological polar surface area (TPSA) is 61.4 Å². The maximum absolute atomic E-state index is 12.3. The first-order valence-corrected chi connectivity index (χ1v) is 9.42. The lowest BCUT2D eigenvalue weighted by molar-refractivity contribution is 0.200. The van der Waals surface area contributed by atoms with Crippen LogP contribution in [0.15, 0.2) is 15.7 Å². The number of hydrogen-bond acceptors (Lipinski definition) is 5. The second kappa shape index (κ2) is 7.00. The van der Waals surface area contributed by atoms with Gasteiger partial charge in [0.15, 0.2) is 0 Å². The van der Waals surface area contributed by atoms with Crippen molar-refractivity contribution in [2.24, 2.45) is 0 Å². The lowest BCUT2D eigenvalue weighted by atomic mass is 10.2. The van der Waals surface area contributed by atoms with Crippen molar-refractivity contribution in [1.82, 2.24) is 15.2 Å². The summed E-state index contributed by atoms with van der Waals surface area (Å²) in [5.41, 5.74) is 1.02. The predicted octanol–water partition coefficient (Wildman–Crippen LogP) is 1.93. The Hall–Kier alpha value is -0.470. The van der Waals surface area contributed by atoms with Gasteiger partial charge in [-0.25, -0.2) is 13.4 Å². The molecule has 0 atom stereocenters. The van der Waals surface area contributed by atoms with E-state index in [1.165, 1.54) is 17.8 Å². The summed E-state index contributed by atoms with van der Waals surface area (Å²) in [6.07, 6.45) is 3.29. The number of thiophene rings is 1. The highest BCUT2D eigenvalue weighted by atomic mass is 32.2. The fourth-order valence-electron chi connectivity index (χ4n) is 2.11. The predicted molar refractivity (Wildman–Crippen MR) is 82.0 cm³/mol. The highest BCUT2D eigenvalue weighted by molar-refractivity contribution is 7.91. The summed E-state index contributed by atoms with van der Waals surface area (Å²) in [5.74, 6) is 0. The highest BCUT2D eigenvalue weighted by Crippen LogP contribution is 2.21. The molecule has 2 N–H and O–H groups in total. The Kier molecular flexibility index (Phi) is 5.57. The van der Waals surface area contributed by atoms with Crippen LogP contribution in [0.1, 0.15) is 38.7 Å². The van der Waals surface area contributed by atoms with Gasteiger partial charge in [-0.1, -0.05) is 20.3 Å². The van der Waals surface area contributed by atoms with Crippen LogP contribution in [0.2, 0.25) is 0 Å². The van der Waals surface area contributed by atoms with Gasteiger partial charge < -0.3 is 5.32 Å². The molecule has 1 aromatic rings. The molecule has 0 aliphatic carbocycles. The molecule has 20 heavy (non-hydrogen) atoms. The Morgan fingerprint density at radius 2 is 2.00 bits per heavy atom. The molecule has 1 saturated heterocycles. The summed E-state index contributed by atoms with van der Waals surface area (Å²) >= 11 is 1.28. The Balaban J connectivity index is 1.98. The zero-order valence-electron chi connectivity index (χ0n) is 12.1. The minimum atomic E-state index is -3.41. The van der Waals surface area contributed by atoms with Crippen LogP contribution in [0, 0.1) is 0 Å². The molecule has 114 valence electrons. The Labute approximate surface area is 125 Å². The van der Waals surface area contributed by atoms with Gasteiger partial charge in [0.05, 0.1) is 0 Å². The summed E-state index contributed by atoms with van der Waals surface area (Å²) < 4.78 is 25.0. The van der Waals surface area contributed by atoms with Crippen molar-refractivity contribution in [2.75, 3.05) is 13.1 Å². The first-order chi connectivity index (χ1) is 9.47. The molecule has 0 bridgehead atoms. The molecule has 0 amide bonds. The third-order valence-electron chi connectivity index (χ3n) is 3.21. The Bertz CT molecular complexity index is 519. The average molecular weight is 317 g/mol. The van der Waals surface area contributed by atoms with Crippen molar-refractivity contribution in [3.05, 3.63) is 17.0 Å². The van der Waals surface area contributed by atoms with Gasteiger partial charge in [-0.15, -0.1) is 16.2 Å². The van der Waals surface area contributed by atoms with Crippen LogP contribution in [0.25, 0.3) is 0 Å². The maximum atomic E-state index is 12.3. The third-order valence-corrected chi connectivity index (χ3v) is 6.08. The van der Waals surface area contributed by atoms with E-state index in [0.29, 0.717) is 16.8 Å². The molecular weight excluding hydrogens is 294 g/mol. The zero-order valence-corrected chi connectivity index (χ0v) is 13.7. The monoisotopic (exact) mass is 317 g/mol. The fourth-order valence-corrected chi connectivity index (χ4v) is 4.43. The van der Waals surface area contributed by atoms with Gasteiger partial charge >= 0.3 is 0 Å². The number of sulfonamides is 1. The molecule has 7 heteroatoms. The van der Waals surface area contributed by atoms with E-state index >= 15 is 0 Å². The van der Waals surface area contributed by atoms with E-state index in [-0.39, 0.29) is 0 Å². The van der Waals surface area contributed by atoms with E-state index in [4.69, 9.17) is 0 Å². The average Bonchev–Trinajstić information content (AvgIpc) is 2.86. The molecule has 5 nitrogen and oxygen atoms in total. The zero-order chi connectivity index (χ0) is 14.6. The quantitative estimate of drug-likeness (QED) is 0.841. The molecule has 1 aliphatic rings. The third kappa shape index (κ3) is 4.53. The summed E-state index contributed by atoms with van der Waals surface area (Å²) in [6, 6.07) is 2.15. The van der Waals surface area contributed by atoms with Gasteiger partial charge in [-0.05, 0) is 29.9 Å². The molecule has 0 unspecified atom stereocenters. The van der Waals surface area contributed by atoms with Gasteiger partial charge in [0, 0.05) is 25.7 Å². The second-order valence-corrected chi connectivity index (χ2v) is 8.25. The summed E-state index contributed by atoms with van der Waals surface area (Å²) in [5, 5.41) is 7.00. The van der Waals surface area contributed by atoms with Gasteiger partial charge in [-0.3, -0.25) is 0 Å². The van der Waals surface area contributed by atoms with E-state index < -0.39 is 10.0 Å². The highest BCUT2D eigenvalue weighted by Gasteiger charge is 2.21. The first-order valence-electron chi connectivity index (χ1n) is 7.05. The van der Waals surface area contributed by atoms with E-state index in [9.17, 15) is 8.42 Å². The van der Waals surface area contributed by atoms with Crippen LogP contribution in [0.3, 0.4) is 0 Å². The Morgan fingerprint density at radius 1 is 1.30 bits per heavy atom. The molecule has 0 aromatic carbocycles. The van der Waals surface area contributed by atoms with Crippen molar-refractivity contribution >= 4 is 21.4 Å². The largest absolute Gasteiger partial charge is 0.310 e. The molecule has 0 spiro atoms. The van der Waals surface area contributed by atoms with Crippen LogP contribution in [-0.4, -0.2) is 32.6 Å². The van der Waals surface area contributed by atoms with E-state index in [1.807, 2.05) is 10.4 Å². The van der Waals surface area contributed by atoms with Gasteiger partial charge in [0.25, 0.3) is 10.0 Å². The van der Waals surface area contributed by atoms with Crippen LogP contribution in [0.4, 0.5) is 0 Å². The standard InChI is InChI=1S/C13H23N3O2S2/c1-11(2)14-9-12-8-13(19-10-12)20(17,18)15-16-6-4-3-5-7-16/h8,10-11,14-15H,3-7,9H2,1-2H3. The molecule has 2 rings (SSSR count). The smallest absolute Gasteiger partial charge is 0.262 e. The molecule has 0 saturated carbocycles. The summed E-state index contributed by atoms with van der Waals surface area (Å²) in [4.78, 5) is 2.69. The van der Waals surface area contributed by atoms with Crippen molar-refractivity contribution in [3.8, 4) is 0 Å². The molecule has 1 fully saturated rings. The first kappa shape index (κ1) is 15.9. The van der Waals surface area contributed by atoms with Gasteiger partial charge in [0.1, 0.15) is 4.21 Å². The summed E-state index contributed by atoms with van der Waals surface area (Å²) in [6.45, 7) is 6.44. The fraction of sp³-hybridized carbons (Fsp3) is 0.692. The normalized spacial score (nSPS) is 17.8. The Morgan fingerprint density at radius 3 is 2.65 bits per heavy atom. The van der Waals surface area contributed by atoms with Crippen LogP contribution in [-0.2, 0) is 16.6 Å². The molecule has 1 aliphatic heterocycles.